The Balaban J connectivity index is 2.41. The molecule has 0 aliphatic carbocycles. The Hall–Kier alpha value is -2.55. The predicted octanol–water partition coefficient (Wildman–Crippen LogP) is 1.88. The van der Waals surface area contributed by atoms with Crippen molar-refractivity contribution in [3.8, 4) is 0 Å². The second-order valence-electron chi connectivity index (χ2n) is 3.79. The number of benzene rings is 1. The Bertz CT molecular complexity index is 671. The quantitative estimate of drug-likeness (QED) is 0.472. The van der Waals surface area contributed by atoms with E-state index in [1.165, 1.54) is 23.1 Å². The van der Waals surface area contributed by atoms with Gasteiger partial charge in [-0.2, -0.15) is 5.10 Å². The highest BCUT2D eigenvalue weighted by atomic mass is 35.5. The van der Waals surface area contributed by atoms with Gasteiger partial charge in [-0.05, 0) is 6.07 Å². The van der Waals surface area contributed by atoms with Crippen LogP contribution in [0.2, 0.25) is 0 Å². The first kappa shape index (κ1) is 13.9. The van der Waals surface area contributed by atoms with Gasteiger partial charge in [-0.15, -0.1) is 11.6 Å². The molecule has 0 radical (unpaired) electrons. The molecule has 0 aliphatic rings. The number of hydrogen-bond donors (Lipinski definition) is 0. The number of nitro groups is 2. The molecule has 0 aliphatic heterocycles. The standard InChI is InChI=1S/C10H8ClN5O4/c11-4-10-12-6-13-14(10)5-7-1-2-8(15(17)18)3-9(7)16(19)20/h1-3,6H,4-5H2. The van der Waals surface area contributed by atoms with Crippen LogP contribution in [0.25, 0.3) is 0 Å². The van der Waals surface area contributed by atoms with Crippen molar-refractivity contribution in [1.29, 1.82) is 0 Å². The monoisotopic (exact) mass is 297 g/mol. The zero-order valence-electron chi connectivity index (χ0n) is 9.97. The minimum absolute atomic E-state index is 0.0658. The number of rotatable bonds is 5. The highest BCUT2D eigenvalue weighted by Crippen LogP contribution is 2.25. The smallest absolute Gasteiger partial charge is 0.258 e. The summed E-state index contributed by atoms with van der Waals surface area (Å²) in [6.45, 7) is 0.0658. The molecule has 9 nitrogen and oxygen atoms in total. The number of nitrogens with zero attached hydrogens (tertiary/aromatic N) is 5. The molecule has 0 amide bonds. The number of hydrogen-bond acceptors (Lipinski definition) is 6. The van der Waals surface area contributed by atoms with Gasteiger partial charge >= 0.3 is 0 Å². The predicted molar refractivity (Wildman–Crippen MR) is 68.4 cm³/mol. The van der Waals surface area contributed by atoms with Crippen LogP contribution in [0, 0.1) is 20.2 Å². The summed E-state index contributed by atoms with van der Waals surface area (Å²) in [5.74, 6) is 0.570. The van der Waals surface area contributed by atoms with Gasteiger partial charge in [0.1, 0.15) is 12.2 Å². The highest BCUT2D eigenvalue weighted by molar-refractivity contribution is 6.16. The number of halogens is 1. The van der Waals surface area contributed by atoms with Gasteiger partial charge in [-0.1, -0.05) is 0 Å². The summed E-state index contributed by atoms with van der Waals surface area (Å²) in [5, 5.41) is 25.5. The molecule has 20 heavy (non-hydrogen) atoms. The minimum Gasteiger partial charge on any atom is -0.258 e. The zero-order chi connectivity index (χ0) is 14.7. The van der Waals surface area contributed by atoms with Crippen LogP contribution in [-0.4, -0.2) is 24.6 Å². The van der Waals surface area contributed by atoms with Crippen LogP contribution in [0.5, 0.6) is 0 Å². The van der Waals surface area contributed by atoms with Crippen LogP contribution in [0.1, 0.15) is 11.4 Å². The van der Waals surface area contributed by atoms with Gasteiger partial charge in [0.25, 0.3) is 11.4 Å². The third-order valence-corrected chi connectivity index (χ3v) is 2.85. The fourth-order valence-electron chi connectivity index (χ4n) is 1.65. The lowest BCUT2D eigenvalue weighted by Gasteiger charge is -2.05. The highest BCUT2D eigenvalue weighted by Gasteiger charge is 2.20. The van der Waals surface area contributed by atoms with Crippen molar-refractivity contribution in [2.24, 2.45) is 0 Å². The molecule has 10 heteroatoms. The van der Waals surface area contributed by atoms with Crippen molar-refractivity contribution < 1.29 is 9.85 Å². The third-order valence-electron chi connectivity index (χ3n) is 2.61. The summed E-state index contributed by atoms with van der Waals surface area (Å²) in [5.41, 5.74) is -0.385. The Morgan fingerprint density at radius 2 is 2.00 bits per heavy atom. The second kappa shape index (κ2) is 5.61. The summed E-state index contributed by atoms with van der Waals surface area (Å²) in [7, 11) is 0. The normalized spacial score (nSPS) is 10.4. The molecule has 0 saturated heterocycles. The Morgan fingerprint density at radius 3 is 2.60 bits per heavy atom. The summed E-state index contributed by atoms with van der Waals surface area (Å²) in [4.78, 5) is 24.2. The van der Waals surface area contributed by atoms with Crippen LogP contribution in [-0.2, 0) is 12.4 Å². The van der Waals surface area contributed by atoms with Crippen LogP contribution in [0.4, 0.5) is 11.4 Å². The summed E-state index contributed by atoms with van der Waals surface area (Å²) in [6, 6.07) is 3.46. The van der Waals surface area contributed by atoms with Crippen molar-refractivity contribution in [3.05, 3.63) is 56.1 Å². The van der Waals surface area contributed by atoms with E-state index < -0.39 is 9.85 Å². The van der Waals surface area contributed by atoms with Crippen LogP contribution in [0.15, 0.2) is 24.5 Å². The Labute approximate surface area is 117 Å². The van der Waals surface area contributed by atoms with Crippen molar-refractivity contribution in [1.82, 2.24) is 14.8 Å². The number of non-ortho nitro benzene ring substituents is 1. The molecule has 2 rings (SSSR count). The lowest BCUT2D eigenvalue weighted by atomic mass is 10.1. The maximum Gasteiger partial charge on any atom is 0.281 e. The molecule has 1 aromatic carbocycles. The van der Waals surface area contributed by atoms with Gasteiger partial charge < -0.3 is 0 Å². The molecule has 0 saturated carbocycles. The van der Waals surface area contributed by atoms with E-state index in [9.17, 15) is 20.2 Å². The summed E-state index contributed by atoms with van der Waals surface area (Å²) in [6.07, 6.45) is 1.29. The van der Waals surface area contributed by atoms with Crippen molar-refractivity contribution in [2.45, 2.75) is 12.4 Å². The Kier molecular flexibility index (Phi) is 3.89. The fraction of sp³-hybridized carbons (Fsp3) is 0.200. The van der Waals surface area contributed by atoms with Crippen LogP contribution >= 0.6 is 11.6 Å². The average Bonchev–Trinajstić information content (AvgIpc) is 2.85. The lowest BCUT2D eigenvalue weighted by Crippen LogP contribution is -2.08. The molecule has 2 aromatic rings. The molecule has 0 atom stereocenters. The van der Waals surface area contributed by atoms with Gasteiger partial charge in [-0.3, -0.25) is 20.2 Å². The molecule has 0 N–H and O–H groups in total. The molecule has 0 bridgehead atoms. The van der Waals surface area contributed by atoms with Gasteiger partial charge in [0.15, 0.2) is 0 Å². The SMILES string of the molecule is O=[N+]([O-])c1ccc(Cn2ncnc2CCl)c([N+](=O)[O-])c1. The molecule has 0 spiro atoms. The van der Waals surface area contributed by atoms with Gasteiger partial charge in [-0.25, -0.2) is 9.67 Å². The molecular weight excluding hydrogens is 290 g/mol. The lowest BCUT2D eigenvalue weighted by molar-refractivity contribution is -0.394. The topological polar surface area (TPSA) is 117 Å². The van der Waals surface area contributed by atoms with Crippen LogP contribution < -0.4 is 0 Å². The second-order valence-corrected chi connectivity index (χ2v) is 4.06. The van der Waals surface area contributed by atoms with E-state index in [0.29, 0.717) is 5.82 Å². The zero-order valence-corrected chi connectivity index (χ0v) is 10.7. The molecule has 0 fully saturated rings. The number of alkyl halides is 1. The van der Waals surface area contributed by atoms with E-state index in [-0.39, 0.29) is 29.4 Å². The molecule has 0 unspecified atom stereocenters. The van der Waals surface area contributed by atoms with E-state index >= 15 is 0 Å². The maximum absolute atomic E-state index is 11.0. The first-order valence-electron chi connectivity index (χ1n) is 5.37. The van der Waals surface area contributed by atoms with Gasteiger partial charge in [0.05, 0.1) is 33.9 Å². The van der Waals surface area contributed by atoms with E-state index in [2.05, 4.69) is 10.1 Å². The molecule has 104 valence electrons. The van der Waals surface area contributed by atoms with E-state index in [1.807, 2.05) is 0 Å². The van der Waals surface area contributed by atoms with Crippen molar-refractivity contribution >= 4 is 23.0 Å². The molecule has 1 heterocycles. The largest absolute Gasteiger partial charge is 0.281 e. The fourth-order valence-corrected chi connectivity index (χ4v) is 1.86. The molecular formula is C10H8ClN5O4. The summed E-state index contributed by atoms with van der Waals surface area (Å²) >= 11 is 5.66. The molecule has 1 aromatic heterocycles. The maximum atomic E-state index is 11.0. The Morgan fingerprint density at radius 1 is 1.25 bits per heavy atom. The number of aromatic nitrogens is 3. The average molecular weight is 298 g/mol. The minimum atomic E-state index is -0.684. The number of nitro benzene ring substituents is 2. The first-order valence-corrected chi connectivity index (χ1v) is 5.90. The van der Waals surface area contributed by atoms with Crippen molar-refractivity contribution in [3.63, 3.8) is 0 Å². The van der Waals surface area contributed by atoms with Gasteiger partial charge in [0.2, 0.25) is 0 Å². The first-order chi connectivity index (χ1) is 9.52. The van der Waals surface area contributed by atoms with Gasteiger partial charge in [0, 0.05) is 6.07 Å². The van der Waals surface area contributed by atoms with Crippen LogP contribution in [0.3, 0.4) is 0 Å². The van der Waals surface area contributed by atoms with Crippen molar-refractivity contribution in [2.75, 3.05) is 0 Å². The third kappa shape index (κ3) is 2.72. The van der Waals surface area contributed by atoms with E-state index in [1.54, 1.807) is 0 Å². The van der Waals surface area contributed by atoms with E-state index in [4.69, 9.17) is 11.6 Å². The van der Waals surface area contributed by atoms with E-state index in [0.717, 1.165) is 6.07 Å². The summed E-state index contributed by atoms with van der Waals surface area (Å²) < 4.78 is 1.40.